The summed E-state index contributed by atoms with van der Waals surface area (Å²) in [7, 11) is 1.53. The number of ether oxygens (including phenoxy) is 1. The molecule has 0 fully saturated rings. The summed E-state index contributed by atoms with van der Waals surface area (Å²) in [5.41, 5.74) is 0. The zero-order chi connectivity index (χ0) is 13.3. The van der Waals surface area contributed by atoms with E-state index in [1.54, 1.807) is 0 Å². The lowest BCUT2D eigenvalue weighted by Gasteiger charge is -2.14. The summed E-state index contributed by atoms with van der Waals surface area (Å²) >= 11 is 0. The number of rotatable bonds is 7. The van der Waals surface area contributed by atoms with Crippen LogP contribution in [0.15, 0.2) is 0 Å². The second kappa shape index (κ2) is 8.77. The molecule has 0 saturated heterocycles. The van der Waals surface area contributed by atoms with Crippen LogP contribution in [0, 0.1) is 5.92 Å². The average molecular weight is 248 g/mol. The Morgan fingerprint density at radius 1 is 1.41 bits per heavy atom. The van der Waals surface area contributed by atoms with Crippen molar-refractivity contribution in [3.63, 3.8) is 0 Å². The third-order valence-electron chi connectivity index (χ3n) is 2.22. The Morgan fingerprint density at radius 2 is 2.06 bits per heavy atom. The molecule has 0 heterocycles. The van der Waals surface area contributed by atoms with Crippen molar-refractivity contribution in [3.8, 4) is 0 Å². The third-order valence-corrected chi connectivity index (χ3v) is 2.22. The molecule has 2 unspecified atom stereocenters. The highest BCUT2D eigenvalue weighted by Crippen LogP contribution is 2.00. The normalized spacial score (nSPS) is 13.6. The molecule has 0 radical (unpaired) electrons. The van der Waals surface area contributed by atoms with Crippen LogP contribution in [0.1, 0.15) is 13.3 Å². The van der Waals surface area contributed by atoms with E-state index in [1.165, 1.54) is 7.05 Å². The molecule has 0 spiro atoms. The molecule has 0 aromatic heterocycles. The average Bonchev–Trinajstić information content (AvgIpc) is 2.35. The Labute approximate surface area is 100 Å². The second-order valence-electron chi connectivity index (χ2n) is 3.54. The third kappa shape index (κ3) is 6.75. The molecule has 7 nitrogen and oxygen atoms in total. The van der Waals surface area contributed by atoms with E-state index in [0.29, 0.717) is 6.42 Å². The second-order valence-corrected chi connectivity index (χ2v) is 3.54. The molecule has 4 N–H and O–H groups in total. The number of aliphatic hydroxyl groups excluding tert-OH is 2. The minimum Gasteiger partial charge on any atom is -0.447 e. The molecular weight excluding hydrogens is 228 g/mol. The molecule has 0 rings (SSSR count). The Hall–Kier alpha value is -1.34. The van der Waals surface area contributed by atoms with Gasteiger partial charge in [-0.25, -0.2) is 4.79 Å². The first-order valence-corrected chi connectivity index (χ1v) is 5.46. The van der Waals surface area contributed by atoms with E-state index in [9.17, 15) is 9.59 Å². The molecule has 0 aliphatic carbocycles. The smallest absolute Gasteiger partial charge is 0.407 e. The van der Waals surface area contributed by atoms with Crippen LogP contribution in [0.25, 0.3) is 0 Å². The van der Waals surface area contributed by atoms with Crippen molar-refractivity contribution in [3.05, 3.63) is 0 Å². The maximum atomic E-state index is 11.3. The Balaban J connectivity index is 3.85. The SMILES string of the molecule is CCC(CNC(=O)OCC(O)CO)C(=O)NC. The van der Waals surface area contributed by atoms with E-state index in [4.69, 9.17) is 10.2 Å². The topological polar surface area (TPSA) is 108 Å². The van der Waals surface area contributed by atoms with Crippen molar-refractivity contribution >= 4 is 12.0 Å². The maximum Gasteiger partial charge on any atom is 0.407 e. The first-order valence-electron chi connectivity index (χ1n) is 5.46. The van der Waals surface area contributed by atoms with Crippen LogP contribution in [0.2, 0.25) is 0 Å². The molecule has 0 aromatic rings. The maximum absolute atomic E-state index is 11.3. The van der Waals surface area contributed by atoms with Crippen molar-refractivity contribution in [1.82, 2.24) is 10.6 Å². The summed E-state index contributed by atoms with van der Waals surface area (Å²) in [6.45, 7) is 1.26. The number of carbonyl (C=O) groups excluding carboxylic acids is 2. The van der Waals surface area contributed by atoms with Gasteiger partial charge in [0.1, 0.15) is 12.7 Å². The van der Waals surface area contributed by atoms with Crippen LogP contribution < -0.4 is 10.6 Å². The quantitative estimate of drug-likeness (QED) is 0.454. The Kier molecular flexibility index (Phi) is 8.08. The fourth-order valence-corrected chi connectivity index (χ4v) is 1.11. The largest absolute Gasteiger partial charge is 0.447 e. The van der Waals surface area contributed by atoms with Gasteiger partial charge in [0.15, 0.2) is 0 Å². The van der Waals surface area contributed by atoms with E-state index >= 15 is 0 Å². The van der Waals surface area contributed by atoms with Crippen molar-refractivity contribution < 1.29 is 24.5 Å². The molecule has 0 saturated carbocycles. The lowest BCUT2D eigenvalue weighted by atomic mass is 10.1. The monoisotopic (exact) mass is 248 g/mol. The van der Waals surface area contributed by atoms with Crippen LogP contribution in [0.3, 0.4) is 0 Å². The number of nitrogens with one attached hydrogen (secondary N) is 2. The van der Waals surface area contributed by atoms with Gasteiger partial charge in [0.25, 0.3) is 0 Å². The molecule has 100 valence electrons. The van der Waals surface area contributed by atoms with Crippen molar-refractivity contribution in [2.45, 2.75) is 19.4 Å². The Bertz CT molecular complexity index is 247. The zero-order valence-electron chi connectivity index (χ0n) is 10.1. The fraction of sp³-hybridized carbons (Fsp3) is 0.800. The number of alkyl carbamates (subject to hydrolysis) is 1. The molecule has 0 aromatic carbocycles. The Morgan fingerprint density at radius 3 is 2.53 bits per heavy atom. The van der Waals surface area contributed by atoms with Crippen LogP contribution in [-0.4, -0.2) is 55.1 Å². The minimum atomic E-state index is -1.08. The lowest BCUT2D eigenvalue weighted by molar-refractivity contribution is -0.124. The first-order chi connectivity index (χ1) is 8.04. The van der Waals surface area contributed by atoms with Crippen molar-refractivity contribution in [1.29, 1.82) is 0 Å². The molecular formula is C10H20N2O5. The van der Waals surface area contributed by atoms with Crippen molar-refractivity contribution in [2.75, 3.05) is 26.8 Å². The van der Waals surface area contributed by atoms with Crippen LogP contribution >= 0.6 is 0 Å². The van der Waals surface area contributed by atoms with E-state index in [1.807, 2.05) is 6.92 Å². The van der Waals surface area contributed by atoms with Crippen LogP contribution in [0.4, 0.5) is 4.79 Å². The number of carbonyl (C=O) groups is 2. The summed E-state index contributed by atoms with van der Waals surface area (Å²) in [5.74, 6) is -0.460. The van der Waals surface area contributed by atoms with E-state index in [0.717, 1.165) is 0 Å². The minimum absolute atomic E-state index is 0.150. The van der Waals surface area contributed by atoms with Gasteiger partial charge in [-0.05, 0) is 6.42 Å². The molecule has 2 atom stereocenters. The highest BCUT2D eigenvalue weighted by molar-refractivity contribution is 5.79. The van der Waals surface area contributed by atoms with Gasteiger partial charge in [-0.1, -0.05) is 6.92 Å². The molecule has 0 aliphatic rings. The fourth-order valence-electron chi connectivity index (χ4n) is 1.11. The van der Waals surface area contributed by atoms with Gasteiger partial charge in [0.05, 0.1) is 12.5 Å². The van der Waals surface area contributed by atoms with Gasteiger partial charge in [-0.2, -0.15) is 0 Å². The summed E-state index contributed by atoms with van der Waals surface area (Å²) in [4.78, 5) is 22.4. The number of aliphatic hydroxyl groups is 2. The van der Waals surface area contributed by atoms with Gasteiger partial charge in [0, 0.05) is 13.6 Å². The molecule has 0 aliphatic heterocycles. The van der Waals surface area contributed by atoms with E-state index in [2.05, 4.69) is 15.4 Å². The van der Waals surface area contributed by atoms with Crippen LogP contribution in [0.5, 0.6) is 0 Å². The zero-order valence-corrected chi connectivity index (χ0v) is 10.1. The summed E-state index contributed by atoms with van der Waals surface area (Å²) in [5, 5.41) is 22.3. The number of hydrogen-bond donors (Lipinski definition) is 4. The first kappa shape index (κ1) is 15.7. The predicted molar refractivity (Wildman–Crippen MR) is 60.3 cm³/mol. The summed E-state index contributed by atoms with van der Waals surface area (Å²) < 4.78 is 4.61. The van der Waals surface area contributed by atoms with Gasteiger partial charge < -0.3 is 25.6 Å². The van der Waals surface area contributed by atoms with Crippen LogP contribution in [-0.2, 0) is 9.53 Å². The van der Waals surface area contributed by atoms with Gasteiger partial charge >= 0.3 is 6.09 Å². The van der Waals surface area contributed by atoms with Gasteiger partial charge in [0.2, 0.25) is 5.91 Å². The summed E-state index contributed by atoms with van der Waals surface area (Å²) in [6.07, 6.45) is -1.21. The molecule has 0 bridgehead atoms. The lowest BCUT2D eigenvalue weighted by Crippen LogP contribution is -2.38. The predicted octanol–water partition coefficient (Wildman–Crippen LogP) is -1.16. The van der Waals surface area contributed by atoms with E-state index in [-0.39, 0.29) is 25.0 Å². The van der Waals surface area contributed by atoms with E-state index < -0.39 is 18.8 Å². The van der Waals surface area contributed by atoms with Gasteiger partial charge in [-0.3, -0.25) is 4.79 Å². The highest BCUT2D eigenvalue weighted by atomic mass is 16.6. The van der Waals surface area contributed by atoms with Gasteiger partial charge in [-0.15, -0.1) is 0 Å². The standard InChI is InChI=1S/C10H20N2O5/c1-3-7(9(15)11-2)4-12-10(16)17-6-8(14)5-13/h7-8,13-14H,3-6H2,1-2H3,(H,11,15)(H,12,16). The molecule has 7 heteroatoms. The number of hydrogen-bond acceptors (Lipinski definition) is 5. The summed E-state index contributed by atoms with van der Waals surface area (Å²) in [6, 6.07) is 0. The van der Waals surface area contributed by atoms with Crippen molar-refractivity contribution in [2.24, 2.45) is 5.92 Å². The number of amides is 2. The highest BCUT2D eigenvalue weighted by Gasteiger charge is 2.16. The molecule has 17 heavy (non-hydrogen) atoms. The molecule has 2 amide bonds.